The summed E-state index contributed by atoms with van der Waals surface area (Å²) in [7, 11) is 5.41. The predicted molar refractivity (Wildman–Crippen MR) is 138 cm³/mol. The number of nitrogens with zero attached hydrogens (tertiary/aromatic N) is 6. The number of nitrogen functional groups attached to an aromatic ring is 1. The van der Waals surface area contributed by atoms with Gasteiger partial charge in [-0.05, 0) is 55.2 Å². The molecule has 4 aromatic heterocycles. The minimum atomic E-state index is -0.563. The summed E-state index contributed by atoms with van der Waals surface area (Å²) in [6, 6.07) is 8.51. The number of rotatable bonds is 3. The van der Waals surface area contributed by atoms with Crippen LogP contribution in [-0.2, 0) is 13.0 Å². The van der Waals surface area contributed by atoms with Gasteiger partial charge in [0.25, 0.3) is 0 Å². The van der Waals surface area contributed by atoms with Crippen LogP contribution in [0.25, 0.3) is 33.4 Å². The molecule has 0 saturated heterocycles. The fraction of sp³-hybridized carbons (Fsp3) is 0.148. The Bertz CT molecular complexity index is 1760. The lowest BCUT2D eigenvalue weighted by atomic mass is 9.95. The lowest BCUT2D eigenvalue weighted by Crippen LogP contribution is -2.00. The van der Waals surface area contributed by atoms with Gasteiger partial charge in [-0.1, -0.05) is 12.0 Å². The highest BCUT2D eigenvalue weighted by molar-refractivity contribution is 6.22. The highest BCUT2D eigenvalue weighted by Crippen LogP contribution is 2.45. The molecule has 0 unspecified atom stereocenters. The Hall–Kier alpha value is -4.78. The van der Waals surface area contributed by atoms with Gasteiger partial charge in [0.2, 0.25) is 0 Å². The van der Waals surface area contributed by atoms with E-state index < -0.39 is 5.82 Å². The number of aromatic nitrogens is 6. The van der Waals surface area contributed by atoms with Crippen molar-refractivity contribution in [2.45, 2.75) is 26.3 Å². The summed E-state index contributed by atoms with van der Waals surface area (Å²) in [5, 5.41) is 0.659. The summed E-state index contributed by atoms with van der Waals surface area (Å²) in [6.45, 7) is 2.51. The van der Waals surface area contributed by atoms with Crippen LogP contribution in [0.15, 0.2) is 49.1 Å². The summed E-state index contributed by atoms with van der Waals surface area (Å²) < 4.78 is 23.1. The van der Waals surface area contributed by atoms with Crippen LogP contribution in [-0.4, -0.2) is 37.3 Å². The first-order chi connectivity index (χ1) is 18.0. The SMILES string of the molecule is [B]C#Cc1cc2c(cn1)-c1c(-c3ccc(Oc4nccc(C)n4)c(F)c3)c3c(N)ncnc3n1CCC2. The molecule has 1 aliphatic heterocycles. The molecular weight excluding hydrogens is 468 g/mol. The normalized spacial score (nSPS) is 12.3. The van der Waals surface area contributed by atoms with Gasteiger partial charge in [0.05, 0.1) is 11.1 Å². The molecule has 0 fully saturated rings. The Labute approximate surface area is 213 Å². The fourth-order valence-electron chi connectivity index (χ4n) is 4.77. The number of aryl methyl sites for hydroxylation is 3. The molecule has 5 aromatic rings. The number of halogens is 1. The summed E-state index contributed by atoms with van der Waals surface area (Å²) >= 11 is 0. The minimum absolute atomic E-state index is 0.0141. The first-order valence-electron chi connectivity index (χ1n) is 11.6. The van der Waals surface area contributed by atoms with Crippen molar-refractivity contribution in [1.82, 2.24) is 29.5 Å². The molecule has 0 atom stereocenters. The van der Waals surface area contributed by atoms with Crippen molar-refractivity contribution in [3.63, 3.8) is 0 Å². The molecule has 0 amide bonds. The number of fused-ring (bicyclic) bond motifs is 5. The van der Waals surface area contributed by atoms with Gasteiger partial charge in [0.1, 0.15) is 23.5 Å². The number of pyridine rings is 1. The third kappa shape index (κ3) is 3.94. The van der Waals surface area contributed by atoms with Crippen molar-refractivity contribution < 1.29 is 9.13 Å². The monoisotopic (exact) mass is 487 g/mol. The Morgan fingerprint density at radius 3 is 2.84 bits per heavy atom. The number of ether oxygens (including phenoxy) is 1. The molecular formula is C27H19BFN7O. The van der Waals surface area contributed by atoms with Gasteiger partial charge in [0.15, 0.2) is 19.4 Å². The molecule has 0 spiro atoms. The first kappa shape index (κ1) is 22.7. The van der Waals surface area contributed by atoms with Crippen LogP contribution in [0.2, 0.25) is 0 Å². The number of nitrogens with two attached hydrogens (primary N) is 1. The van der Waals surface area contributed by atoms with E-state index in [-0.39, 0.29) is 11.8 Å². The van der Waals surface area contributed by atoms with E-state index in [9.17, 15) is 0 Å². The molecule has 1 aromatic carbocycles. The van der Waals surface area contributed by atoms with Crippen molar-refractivity contribution in [2.24, 2.45) is 0 Å². The number of hydrogen-bond donors (Lipinski definition) is 1. The second kappa shape index (κ2) is 9.02. The zero-order valence-electron chi connectivity index (χ0n) is 19.9. The smallest absolute Gasteiger partial charge is 0.322 e. The van der Waals surface area contributed by atoms with Crippen molar-refractivity contribution in [1.29, 1.82) is 0 Å². The van der Waals surface area contributed by atoms with E-state index >= 15 is 4.39 Å². The molecule has 37 heavy (non-hydrogen) atoms. The zero-order chi connectivity index (χ0) is 25.5. The van der Waals surface area contributed by atoms with E-state index in [1.807, 2.05) is 13.0 Å². The maximum Gasteiger partial charge on any atom is 0.322 e. The number of anilines is 1. The first-order valence-corrected chi connectivity index (χ1v) is 11.6. The Morgan fingerprint density at radius 1 is 1.14 bits per heavy atom. The number of hydrogen-bond acceptors (Lipinski definition) is 7. The molecule has 1 aliphatic rings. The molecule has 5 heterocycles. The van der Waals surface area contributed by atoms with E-state index in [2.05, 4.69) is 41.2 Å². The molecule has 2 N–H and O–H groups in total. The highest BCUT2D eigenvalue weighted by atomic mass is 19.1. The third-order valence-corrected chi connectivity index (χ3v) is 6.34. The summed E-state index contributed by atoms with van der Waals surface area (Å²) in [5.41, 5.74) is 12.5. The van der Waals surface area contributed by atoms with Gasteiger partial charge in [-0.25, -0.2) is 29.3 Å². The Kier molecular flexibility index (Phi) is 5.53. The van der Waals surface area contributed by atoms with Crippen molar-refractivity contribution in [3.05, 3.63) is 71.8 Å². The number of benzene rings is 1. The second-order valence-electron chi connectivity index (χ2n) is 8.66. The highest BCUT2D eigenvalue weighted by Gasteiger charge is 2.27. The fourth-order valence-corrected chi connectivity index (χ4v) is 4.77. The summed E-state index contributed by atoms with van der Waals surface area (Å²) in [6.07, 6.45) is 6.46. The minimum Gasteiger partial charge on any atom is -0.421 e. The van der Waals surface area contributed by atoms with Crippen molar-refractivity contribution in [2.75, 3.05) is 5.73 Å². The zero-order valence-corrected chi connectivity index (χ0v) is 19.9. The van der Waals surface area contributed by atoms with E-state index in [1.165, 1.54) is 12.4 Å². The van der Waals surface area contributed by atoms with Crippen LogP contribution in [0.3, 0.4) is 0 Å². The van der Waals surface area contributed by atoms with Gasteiger partial charge in [-0.2, -0.15) is 5.82 Å². The maximum atomic E-state index is 15.4. The maximum absolute atomic E-state index is 15.4. The molecule has 2 radical (unpaired) electrons. The summed E-state index contributed by atoms with van der Waals surface area (Å²) in [4.78, 5) is 21.5. The second-order valence-corrected chi connectivity index (χ2v) is 8.66. The van der Waals surface area contributed by atoms with Crippen LogP contribution in [0.5, 0.6) is 11.8 Å². The van der Waals surface area contributed by atoms with Gasteiger partial charge in [-0.15, -0.1) is 0 Å². The van der Waals surface area contributed by atoms with Crippen LogP contribution in [0.4, 0.5) is 10.2 Å². The van der Waals surface area contributed by atoms with Gasteiger partial charge < -0.3 is 15.0 Å². The van der Waals surface area contributed by atoms with Gasteiger partial charge in [0, 0.05) is 35.8 Å². The molecule has 0 bridgehead atoms. The predicted octanol–water partition coefficient (Wildman–Crippen LogP) is 4.20. The standard InChI is InChI=1S/C27H19BFN7O/c1-15-7-9-31-27(35-15)37-21-5-4-17(12-20(21)29)22-23-25(30)33-14-34-26(23)36-10-2-3-16-11-18(6-8-28)32-13-19(16)24(22)36/h4-5,7,9,11-14H,2-3,10H2,1H3,(H2,30,33,34). The largest absolute Gasteiger partial charge is 0.421 e. The van der Waals surface area contributed by atoms with Crippen LogP contribution < -0.4 is 10.5 Å². The molecule has 0 aliphatic carbocycles. The van der Waals surface area contributed by atoms with Crippen LogP contribution in [0, 0.1) is 24.5 Å². The van der Waals surface area contributed by atoms with Crippen LogP contribution in [0.1, 0.15) is 23.4 Å². The van der Waals surface area contributed by atoms with Gasteiger partial charge >= 0.3 is 6.01 Å². The summed E-state index contributed by atoms with van der Waals surface area (Å²) in [5.74, 6) is 4.99. The van der Waals surface area contributed by atoms with E-state index in [1.54, 1.807) is 30.6 Å². The molecule has 6 rings (SSSR count). The quantitative estimate of drug-likeness (QED) is 0.301. The van der Waals surface area contributed by atoms with E-state index in [0.29, 0.717) is 40.3 Å². The van der Waals surface area contributed by atoms with Crippen molar-refractivity contribution >= 4 is 24.7 Å². The Morgan fingerprint density at radius 2 is 2.03 bits per heavy atom. The Balaban J connectivity index is 1.56. The lowest BCUT2D eigenvalue weighted by Gasteiger charge is -2.12. The molecule has 8 nitrogen and oxygen atoms in total. The topological polar surface area (TPSA) is 105 Å². The van der Waals surface area contributed by atoms with E-state index in [0.717, 1.165) is 35.2 Å². The average Bonchev–Trinajstić information content (AvgIpc) is 3.09. The van der Waals surface area contributed by atoms with Gasteiger partial charge in [-0.3, -0.25) is 0 Å². The van der Waals surface area contributed by atoms with E-state index in [4.69, 9.17) is 18.3 Å². The lowest BCUT2D eigenvalue weighted by molar-refractivity contribution is 0.410. The molecule has 178 valence electrons. The van der Waals surface area contributed by atoms with Crippen LogP contribution >= 0.6 is 0 Å². The van der Waals surface area contributed by atoms with Crippen molar-refractivity contribution in [3.8, 4) is 45.9 Å². The molecule has 0 saturated carbocycles. The molecule has 10 heteroatoms. The average molecular weight is 487 g/mol. The third-order valence-electron chi connectivity index (χ3n) is 6.34.